The number of guanidine groups is 2. The van der Waals surface area contributed by atoms with Gasteiger partial charge in [-0.15, -0.1) is 0 Å². The highest BCUT2D eigenvalue weighted by Gasteiger charge is 1.83. The molecule has 1 aromatic rings. The minimum absolute atomic E-state index is 0.312. The zero-order valence-electron chi connectivity index (χ0n) is 6.46. The molecule has 0 saturated carbocycles. The number of nitrogens with one attached hydrogen (secondary N) is 4. The first-order valence-corrected chi connectivity index (χ1v) is 3.15. The molecule has 8 N–H and O–H groups in total. The molecule has 0 aliphatic carbocycles. The van der Waals surface area contributed by atoms with Crippen molar-refractivity contribution in [1.29, 1.82) is 10.8 Å². The van der Waals surface area contributed by atoms with Crippen LogP contribution in [0.25, 0.3) is 0 Å². The van der Waals surface area contributed by atoms with Crippen LogP contribution in [0.2, 0.25) is 0 Å². The van der Waals surface area contributed by atoms with Crippen LogP contribution in [0.5, 0.6) is 0 Å². The average Bonchev–Trinajstić information content (AvgIpc) is 2.36. The maximum absolute atomic E-state index is 6.47. The second-order valence-corrected chi connectivity index (χ2v) is 1.84. The summed E-state index contributed by atoms with van der Waals surface area (Å²) in [6.45, 7) is 0. The summed E-state index contributed by atoms with van der Waals surface area (Å²) < 4.78 is 0. The van der Waals surface area contributed by atoms with E-state index < -0.39 is 0 Å². The Morgan fingerprint density at radius 1 is 1.08 bits per heavy atom. The lowest BCUT2D eigenvalue weighted by Crippen LogP contribution is -2.39. The molecule has 0 aliphatic rings. The average molecular weight is 168 g/mol. The number of H-pyrrole nitrogens is 1. The second kappa shape index (κ2) is 5.78. The molecule has 0 saturated heterocycles. The second-order valence-electron chi connectivity index (χ2n) is 1.84. The van der Waals surface area contributed by atoms with Crippen molar-refractivity contribution in [2.75, 3.05) is 0 Å². The maximum Gasteiger partial charge on any atom is 0.192 e. The van der Waals surface area contributed by atoms with Crippen molar-refractivity contribution in [2.45, 2.75) is 0 Å². The highest BCUT2D eigenvalue weighted by atomic mass is 15.1. The summed E-state index contributed by atoms with van der Waals surface area (Å²) in [5.41, 5.74) is 9.49. The van der Waals surface area contributed by atoms with Crippen molar-refractivity contribution in [3.05, 3.63) is 24.5 Å². The Balaban J connectivity index is 0.000000211. The molecule has 12 heavy (non-hydrogen) atoms. The Morgan fingerprint density at radius 3 is 1.58 bits per heavy atom. The van der Waals surface area contributed by atoms with Gasteiger partial charge >= 0.3 is 0 Å². The van der Waals surface area contributed by atoms with Crippen molar-refractivity contribution >= 4 is 11.9 Å². The van der Waals surface area contributed by atoms with Crippen molar-refractivity contribution in [1.82, 2.24) is 10.3 Å². The Morgan fingerprint density at radius 2 is 1.50 bits per heavy atom. The van der Waals surface area contributed by atoms with Crippen molar-refractivity contribution in [3.8, 4) is 0 Å². The van der Waals surface area contributed by atoms with Crippen LogP contribution in [-0.2, 0) is 0 Å². The first kappa shape index (κ1) is 10.0. The predicted molar refractivity (Wildman–Crippen MR) is 47.8 cm³/mol. The number of hydrogen-bond donors (Lipinski definition) is 6. The summed E-state index contributed by atoms with van der Waals surface area (Å²) in [4.78, 5) is 2.86. The van der Waals surface area contributed by atoms with E-state index >= 15 is 0 Å². The Labute approximate surface area is 70.0 Å². The van der Waals surface area contributed by atoms with E-state index in [9.17, 15) is 0 Å². The smallest absolute Gasteiger partial charge is 0.192 e. The fourth-order valence-corrected chi connectivity index (χ4v) is 0.423. The summed E-state index contributed by atoms with van der Waals surface area (Å²) in [6, 6.07) is 3.89. The van der Waals surface area contributed by atoms with Crippen LogP contribution in [0.3, 0.4) is 0 Å². The van der Waals surface area contributed by atoms with Gasteiger partial charge in [0.1, 0.15) is 0 Å². The molecule has 0 radical (unpaired) electrons. The van der Waals surface area contributed by atoms with E-state index in [0.29, 0.717) is 0 Å². The van der Waals surface area contributed by atoms with E-state index in [1.807, 2.05) is 29.8 Å². The van der Waals surface area contributed by atoms with Crippen LogP contribution in [0.4, 0.5) is 0 Å². The first-order valence-electron chi connectivity index (χ1n) is 3.15. The van der Waals surface area contributed by atoms with Gasteiger partial charge in [-0.05, 0) is 12.1 Å². The van der Waals surface area contributed by atoms with Crippen LogP contribution in [-0.4, -0.2) is 16.9 Å². The number of nitrogens with two attached hydrogens (primary N) is 2. The molecule has 1 aromatic heterocycles. The topological polar surface area (TPSA) is 128 Å². The lowest BCUT2D eigenvalue weighted by molar-refractivity contribution is 1.19. The predicted octanol–water partition coefficient (Wildman–Crippen LogP) is -0.622. The molecular weight excluding hydrogens is 156 g/mol. The summed E-state index contributed by atoms with van der Waals surface area (Å²) in [6.07, 6.45) is 3.75. The molecule has 1 rings (SSSR count). The molecule has 0 amide bonds. The Kier molecular flexibility index (Phi) is 4.83. The minimum atomic E-state index is -0.312. The fourth-order valence-electron chi connectivity index (χ4n) is 0.423. The van der Waals surface area contributed by atoms with Gasteiger partial charge in [-0.25, -0.2) is 0 Å². The SMILES string of the molecule is N=C(N)NC(=N)N.c1cc[nH]c1. The van der Waals surface area contributed by atoms with Crippen LogP contribution in [0.15, 0.2) is 24.5 Å². The summed E-state index contributed by atoms with van der Waals surface area (Å²) in [5.74, 6) is -0.625. The zero-order valence-corrected chi connectivity index (χ0v) is 6.46. The molecule has 0 spiro atoms. The Hall–Kier alpha value is -1.98. The third-order valence-corrected chi connectivity index (χ3v) is 0.765. The molecule has 0 bridgehead atoms. The summed E-state index contributed by atoms with van der Waals surface area (Å²) in [7, 11) is 0. The highest BCUT2D eigenvalue weighted by Crippen LogP contribution is 1.72. The lowest BCUT2D eigenvalue weighted by Gasteiger charge is -1.95. The van der Waals surface area contributed by atoms with Gasteiger partial charge in [-0.3, -0.25) is 16.1 Å². The minimum Gasteiger partial charge on any atom is -0.370 e. The molecule has 6 nitrogen and oxygen atoms in total. The van der Waals surface area contributed by atoms with Crippen molar-refractivity contribution < 1.29 is 0 Å². The molecule has 6 heteroatoms. The van der Waals surface area contributed by atoms with Crippen molar-refractivity contribution in [3.63, 3.8) is 0 Å². The number of aromatic nitrogens is 1. The molecule has 0 atom stereocenters. The van der Waals surface area contributed by atoms with E-state index in [1.54, 1.807) is 0 Å². The van der Waals surface area contributed by atoms with E-state index in [-0.39, 0.29) is 11.9 Å². The van der Waals surface area contributed by atoms with Crippen LogP contribution in [0, 0.1) is 10.8 Å². The van der Waals surface area contributed by atoms with Gasteiger partial charge in [0.15, 0.2) is 11.9 Å². The normalized spacial score (nSPS) is 7.67. The van der Waals surface area contributed by atoms with Gasteiger partial charge in [-0.2, -0.15) is 0 Å². The third-order valence-electron chi connectivity index (χ3n) is 0.765. The molecule has 0 fully saturated rings. The monoisotopic (exact) mass is 168 g/mol. The quantitative estimate of drug-likeness (QED) is 0.228. The molecule has 0 aliphatic heterocycles. The van der Waals surface area contributed by atoms with Gasteiger partial charge in [0.2, 0.25) is 0 Å². The molecule has 0 aromatic carbocycles. The maximum atomic E-state index is 6.47. The molecule has 66 valence electrons. The van der Waals surface area contributed by atoms with Crippen LogP contribution >= 0.6 is 0 Å². The largest absolute Gasteiger partial charge is 0.370 e. The molecular formula is C6H12N6. The van der Waals surface area contributed by atoms with E-state index in [1.165, 1.54) is 0 Å². The number of aromatic amines is 1. The van der Waals surface area contributed by atoms with E-state index in [4.69, 9.17) is 22.3 Å². The molecule has 1 heterocycles. The fraction of sp³-hybridized carbons (Fsp3) is 0. The molecule has 0 unspecified atom stereocenters. The highest BCUT2D eigenvalue weighted by molar-refractivity contribution is 5.93. The summed E-state index contributed by atoms with van der Waals surface area (Å²) >= 11 is 0. The Bertz CT molecular complexity index is 197. The number of rotatable bonds is 0. The zero-order chi connectivity index (χ0) is 9.40. The van der Waals surface area contributed by atoms with Crippen LogP contribution < -0.4 is 16.8 Å². The standard InChI is InChI=1S/C4H5N.C2H7N5/c1-2-4-5-3-1;3-1(4)7-2(5)6/h1-5H;(H7,3,4,5,6,7). The van der Waals surface area contributed by atoms with Gasteiger partial charge < -0.3 is 16.5 Å². The first-order chi connectivity index (χ1) is 5.63. The van der Waals surface area contributed by atoms with E-state index in [0.717, 1.165) is 0 Å². The van der Waals surface area contributed by atoms with Gasteiger partial charge in [-0.1, -0.05) is 0 Å². The van der Waals surface area contributed by atoms with Crippen LogP contribution in [0.1, 0.15) is 0 Å². The van der Waals surface area contributed by atoms with E-state index in [2.05, 4.69) is 4.98 Å². The lowest BCUT2D eigenvalue weighted by atomic mass is 10.7. The van der Waals surface area contributed by atoms with Crippen molar-refractivity contribution in [2.24, 2.45) is 11.5 Å². The number of hydrogen-bond acceptors (Lipinski definition) is 2. The van der Waals surface area contributed by atoms with Gasteiger partial charge in [0, 0.05) is 12.4 Å². The third kappa shape index (κ3) is 8.02. The summed E-state index contributed by atoms with van der Waals surface area (Å²) in [5, 5.41) is 15.0. The van der Waals surface area contributed by atoms with Gasteiger partial charge in [0.05, 0.1) is 0 Å². The van der Waals surface area contributed by atoms with Gasteiger partial charge in [0.25, 0.3) is 0 Å².